The van der Waals surface area contributed by atoms with Crippen molar-refractivity contribution in [2.24, 2.45) is 17.8 Å². The first-order valence-electron chi connectivity index (χ1n) is 6.27. The van der Waals surface area contributed by atoms with E-state index in [0.717, 1.165) is 11.8 Å². The Bertz CT molecular complexity index is 515. The van der Waals surface area contributed by atoms with E-state index in [9.17, 15) is 9.59 Å². The van der Waals surface area contributed by atoms with Gasteiger partial charge in [0.2, 0.25) is 5.91 Å². The lowest BCUT2D eigenvalue weighted by atomic mass is 10.1. The molecule has 1 aromatic rings. The lowest BCUT2D eigenvalue weighted by molar-refractivity contribution is -0.138. The average Bonchev–Trinajstić information content (AvgIpc) is 2.85. The summed E-state index contributed by atoms with van der Waals surface area (Å²) in [4.78, 5) is 25.0. The molecule has 18 heavy (non-hydrogen) atoms. The number of hydrogen-bond acceptors (Lipinski definition) is 3. The third kappa shape index (κ3) is 1.13. The molecule has 4 nitrogen and oxygen atoms in total. The van der Waals surface area contributed by atoms with Gasteiger partial charge in [-0.05, 0) is 0 Å². The number of carbonyl (C=O) groups excluding carboxylic acids is 2. The van der Waals surface area contributed by atoms with E-state index >= 15 is 0 Å². The summed E-state index contributed by atoms with van der Waals surface area (Å²) < 4.78 is 5.76. The van der Waals surface area contributed by atoms with E-state index in [1.165, 1.54) is 0 Å². The molecule has 0 aromatic heterocycles. The van der Waals surface area contributed by atoms with Gasteiger partial charge in [0.05, 0.1) is 18.6 Å². The average molecular weight is 243 g/mol. The fourth-order valence-corrected chi connectivity index (χ4v) is 3.51. The number of benzene rings is 1. The van der Waals surface area contributed by atoms with Crippen LogP contribution in [0.25, 0.3) is 0 Å². The first-order valence-corrected chi connectivity index (χ1v) is 6.27. The van der Waals surface area contributed by atoms with Crippen molar-refractivity contribution in [1.82, 2.24) is 4.90 Å². The van der Waals surface area contributed by atoms with Crippen LogP contribution in [0.4, 0.5) is 0 Å². The molecule has 1 amide bonds. The van der Waals surface area contributed by atoms with E-state index in [1.807, 2.05) is 35.2 Å². The van der Waals surface area contributed by atoms with Crippen molar-refractivity contribution >= 4 is 12.2 Å². The van der Waals surface area contributed by atoms with Crippen LogP contribution >= 0.6 is 0 Å². The first-order chi connectivity index (χ1) is 8.83. The highest BCUT2D eigenvalue weighted by Crippen LogP contribution is 2.59. The molecule has 2 saturated heterocycles. The van der Waals surface area contributed by atoms with Gasteiger partial charge in [-0.25, -0.2) is 0 Å². The molecule has 1 aromatic carbocycles. The van der Waals surface area contributed by atoms with Gasteiger partial charge in [0, 0.05) is 17.4 Å². The molecule has 0 bridgehead atoms. The molecule has 4 heteroatoms. The molecule has 2 heterocycles. The van der Waals surface area contributed by atoms with E-state index in [2.05, 4.69) is 0 Å². The third-order valence-corrected chi connectivity index (χ3v) is 4.39. The molecule has 4 rings (SSSR count). The molecular formula is C14H13NO3. The zero-order chi connectivity index (χ0) is 12.3. The minimum absolute atomic E-state index is 0.0585. The Morgan fingerprint density at radius 1 is 1.28 bits per heavy atom. The van der Waals surface area contributed by atoms with Crippen molar-refractivity contribution in [3.8, 4) is 0 Å². The lowest BCUT2D eigenvalue weighted by Crippen LogP contribution is -2.36. The normalized spacial score (nSPS) is 40.6. The summed E-state index contributed by atoms with van der Waals surface area (Å²) in [5.74, 6) is 0.164. The maximum absolute atomic E-state index is 12.3. The molecule has 0 unspecified atom stereocenters. The van der Waals surface area contributed by atoms with Crippen LogP contribution in [0.3, 0.4) is 0 Å². The number of nitrogens with zero attached hydrogens (tertiary/aromatic N) is 1. The second kappa shape index (κ2) is 3.42. The van der Waals surface area contributed by atoms with Crippen LogP contribution in [-0.4, -0.2) is 29.7 Å². The first kappa shape index (κ1) is 10.3. The summed E-state index contributed by atoms with van der Waals surface area (Å²) in [5, 5.41) is 0. The van der Waals surface area contributed by atoms with E-state index in [0.29, 0.717) is 6.61 Å². The maximum Gasteiger partial charge on any atom is 0.229 e. The molecular weight excluding hydrogens is 230 g/mol. The highest BCUT2D eigenvalue weighted by molar-refractivity contribution is 5.91. The van der Waals surface area contributed by atoms with E-state index in [-0.39, 0.29) is 35.9 Å². The minimum Gasteiger partial charge on any atom is -0.352 e. The standard InChI is InChI=1S/C14H13NO3/c16-6-9-11-10-7-18-14(8-4-2-1-3-5-8)15(10)13(17)12(9)11/h1-6,9-12,14H,7H2/t9-,10+,11+,12+,14+/m0/s1. The van der Waals surface area contributed by atoms with Gasteiger partial charge in [0.25, 0.3) is 0 Å². The zero-order valence-electron chi connectivity index (χ0n) is 9.73. The van der Waals surface area contributed by atoms with Gasteiger partial charge in [-0.15, -0.1) is 0 Å². The number of carbonyl (C=O) groups is 2. The molecule has 1 saturated carbocycles. The van der Waals surface area contributed by atoms with E-state index in [4.69, 9.17) is 4.74 Å². The van der Waals surface area contributed by atoms with E-state index < -0.39 is 0 Å². The fraction of sp³-hybridized carbons (Fsp3) is 0.429. The predicted molar refractivity (Wildman–Crippen MR) is 62.3 cm³/mol. The van der Waals surface area contributed by atoms with Crippen molar-refractivity contribution < 1.29 is 14.3 Å². The summed E-state index contributed by atoms with van der Waals surface area (Å²) in [5.41, 5.74) is 1.01. The van der Waals surface area contributed by atoms with Crippen molar-refractivity contribution in [2.75, 3.05) is 6.61 Å². The number of aldehydes is 1. The summed E-state index contributed by atoms with van der Waals surface area (Å²) in [6.07, 6.45) is 0.671. The van der Waals surface area contributed by atoms with Crippen LogP contribution in [0.1, 0.15) is 11.8 Å². The third-order valence-electron chi connectivity index (χ3n) is 4.39. The molecule has 0 spiro atoms. The van der Waals surface area contributed by atoms with Gasteiger partial charge in [-0.1, -0.05) is 30.3 Å². The van der Waals surface area contributed by atoms with Crippen LogP contribution in [-0.2, 0) is 14.3 Å². The van der Waals surface area contributed by atoms with Gasteiger partial charge in [0.15, 0.2) is 6.23 Å². The highest BCUT2D eigenvalue weighted by Gasteiger charge is 2.69. The molecule has 3 fully saturated rings. The van der Waals surface area contributed by atoms with Gasteiger partial charge < -0.3 is 14.4 Å². The van der Waals surface area contributed by atoms with Crippen LogP contribution in [0.2, 0.25) is 0 Å². The minimum atomic E-state index is -0.260. The molecule has 2 aliphatic heterocycles. The smallest absolute Gasteiger partial charge is 0.229 e. The Morgan fingerprint density at radius 3 is 2.78 bits per heavy atom. The van der Waals surface area contributed by atoms with Crippen molar-refractivity contribution in [3.05, 3.63) is 35.9 Å². The summed E-state index contributed by atoms with van der Waals surface area (Å²) >= 11 is 0. The van der Waals surface area contributed by atoms with Gasteiger partial charge in [-0.3, -0.25) is 4.79 Å². The summed E-state index contributed by atoms with van der Waals surface area (Å²) in [6.45, 7) is 0.552. The van der Waals surface area contributed by atoms with Crippen molar-refractivity contribution in [3.63, 3.8) is 0 Å². The molecule has 5 atom stereocenters. The Labute approximate surface area is 105 Å². The second-order valence-corrected chi connectivity index (χ2v) is 5.23. The molecule has 92 valence electrons. The number of ether oxygens (including phenoxy) is 1. The Balaban J connectivity index is 1.65. The molecule has 3 aliphatic rings. The maximum atomic E-state index is 12.3. The SMILES string of the molecule is O=C[C@@H]1[C@H]2C(=O)N3[C@@H](c4ccccc4)OC[C@@H]3[C@@H]12. The van der Waals surface area contributed by atoms with Gasteiger partial charge >= 0.3 is 0 Å². The Kier molecular flexibility index (Phi) is 1.95. The van der Waals surface area contributed by atoms with Crippen molar-refractivity contribution in [1.29, 1.82) is 0 Å². The summed E-state index contributed by atoms with van der Waals surface area (Å²) in [7, 11) is 0. The number of hydrogen-bond donors (Lipinski definition) is 0. The molecule has 0 N–H and O–H groups in total. The number of fused-ring (bicyclic) bond motifs is 3. The number of rotatable bonds is 2. The van der Waals surface area contributed by atoms with Crippen molar-refractivity contribution in [2.45, 2.75) is 12.3 Å². The van der Waals surface area contributed by atoms with Crippen LogP contribution in [0.15, 0.2) is 30.3 Å². The van der Waals surface area contributed by atoms with Gasteiger partial charge in [-0.2, -0.15) is 0 Å². The summed E-state index contributed by atoms with van der Waals surface area (Å²) in [6, 6.07) is 9.89. The fourth-order valence-electron chi connectivity index (χ4n) is 3.51. The van der Waals surface area contributed by atoms with E-state index in [1.54, 1.807) is 0 Å². The topological polar surface area (TPSA) is 46.6 Å². The van der Waals surface area contributed by atoms with Gasteiger partial charge in [0.1, 0.15) is 6.29 Å². The second-order valence-electron chi connectivity index (χ2n) is 5.23. The zero-order valence-corrected chi connectivity index (χ0v) is 9.73. The lowest BCUT2D eigenvalue weighted by Gasteiger charge is -2.25. The molecule has 0 radical (unpaired) electrons. The predicted octanol–water partition coefficient (Wildman–Crippen LogP) is 0.987. The largest absolute Gasteiger partial charge is 0.352 e. The van der Waals surface area contributed by atoms with Crippen LogP contribution < -0.4 is 0 Å². The molecule has 1 aliphatic carbocycles. The Morgan fingerprint density at radius 2 is 2.06 bits per heavy atom. The van der Waals surface area contributed by atoms with Crippen LogP contribution in [0, 0.1) is 17.8 Å². The highest BCUT2D eigenvalue weighted by atomic mass is 16.5. The quantitative estimate of drug-likeness (QED) is 0.728. The van der Waals surface area contributed by atoms with Crippen LogP contribution in [0.5, 0.6) is 0 Å². The number of amides is 1. The Hall–Kier alpha value is -1.68. The monoisotopic (exact) mass is 243 g/mol. The number of piperidine rings is 1.